The van der Waals surface area contributed by atoms with Crippen LogP contribution in [-0.4, -0.2) is 73.0 Å². The molecule has 120 valence electrons. The zero-order valence-electron chi connectivity index (χ0n) is 11.4. The summed E-state index contributed by atoms with van der Waals surface area (Å²) in [6, 6.07) is 0. The normalized spacial score (nSPS) is 18.8. The zero-order valence-corrected chi connectivity index (χ0v) is 11.4. The van der Waals surface area contributed by atoms with Crippen molar-refractivity contribution in [2.75, 3.05) is 13.1 Å². The minimum atomic E-state index is -1.50. The molecule has 9 N–H and O–H groups in total. The summed E-state index contributed by atoms with van der Waals surface area (Å²) in [7, 11) is 0. The minimum absolute atomic E-state index is 0.0124. The van der Waals surface area contributed by atoms with Gasteiger partial charge in [-0.05, 0) is 0 Å². The van der Waals surface area contributed by atoms with Gasteiger partial charge in [-0.15, -0.1) is 0 Å². The van der Waals surface area contributed by atoms with E-state index in [1.54, 1.807) is 0 Å². The van der Waals surface area contributed by atoms with E-state index < -0.39 is 30.5 Å². The summed E-state index contributed by atoms with van der Waals surface area (Å²) in [6.07, 6.45) is -3.90. The number of aromatic nitrogens is 2. The Morgan fingerprint density at radius 3 is 2.10 bits per heavy atom. The molecule has 0 fully saturated rings. The van der Waals surface area contributed by atoms with Gasteiger partial charge in [0.2, 0.25) is 0 Å². The van der Waals surface area contributed by atoms with Crippen LogP contribution in [0.25, 0.3) is 0 Å². The van der Waals surface area contributed by atoms with E-state index in [0.29, 0.717) is 5.69 Å². The van der Waals surface area contributed by atoms with Gasteiger partial charge >= 0.3 is 0 Å². The van der Waals surface area contributed by atoms with Gasteiger partial charge in [-0.1, -0.05) is 0 Å². The molecule has 5 atom stereocenters. The first kappa shape index (κ1) is 17.9. The van der Waals surface area contributed by atoms with Crippen LogP contribution < -0.4 is 11.5 Å². The van der Waals surface area contributed by atoms with Crippen LogP contribution >= 0.6 is 0 Å². The number of aliphatic hydroxyl groups is 5. The first-order valence-electron chi connectivity index (χ1n) is 6.52. The highest BCUT2D eigenvalue weighted by Gasteiger charge is 2.26. The van der Waals surface area contributed by atoms with Crippen LogP contribution in [0.15, 0.2) is 12.4 Å². The highest BCUT2D eigenvalue weighted by Crippen LogP contribution is 2.17. The van der Waals surface area contributed by atoms with Crippen LogP contribution in [0, 0.1) is 0 Å². The van der Waals surface area contributed by atoms with E-state index in [0.717, 1.165) is 0 Å². The van der Waals surface area contributed by atoms with Crippen molar-refractivity contribution in [2.45, 2.75) is 36.9 Å². The molecule has 9 heteroatoms. The zero-order chi connectivity index (χ0) is 16.0. The molecule has 1 heterocycles. The fourth-order valence-electron chi connectivity index (χ4n) is 1.70. The summed E-state index contributed by atoms with van der Waals surface area (Å²) in [4.78, 5) is 7.87. The van der Waals surface area contributed by atoms with Gasteiger partial charge < -0.3 is 37.0 Å². The maximum absolute atomic E-state index is 9.90. The molecule has 0 aromatic carbocycles. The van der Waals surface area contributed by atoms with Crippen LogP contribution in [0.2, 0.25) is 0 Å². The van der Waals surface area contributed by atoms with Gasteiger partial charge in [-0.25, -0.2) is 0 Å². The molecule has 0 saturated carbocycles. The highest BCUT2D eigenvalue weighted by molar-refractivity contribution is 5.09. The lowest BCUT2D eigenvalue weighted by Crippen LogP contribution is -2.38. The molecule has 9 nitrogen and oxygen atoms in total. The molecule has 0 aliphatic heterocycles. The lowest BCUT2D eigenvalue weighted by atomic mass is 10.0. The first-order chi connectivity index (χ1) is 9.90. The maximum Gasteiger partial charge on any atom is 0.126 e. The lowest BCUT2D eigenvalue weighted by molar-refractivity contribution is -0.0584. The molecule has 0 unspecified atom stereocenters. The Morgan fingerprint density at radius 2 is 1.52 bits per heavy atom. The highest BCUT2D eigenvalue weighted by atomic mass is 16.4. The van der Waals surface area contributed by atoms with Crippen molar-refractivity contribution in [3.8, 4) is 0 Å². The molecule has 0 spiro atoms. The number of hydrogen-bond acceptors (Lipinski definition) is 9. The summed E-state index contributed by atoms with van der Waals surface area (Å²) in [5.74, 6) is 0. The monoisotopic (exact) mass is 302 g/mol. The predicted molar refractivity (Wildman–Crippen MR) is 72.8 cm³/mol. The van der Waals surface area contributed by atoms with Crippen molar-refractivity contribution in [3.63, 3.8) is 0 Å². The van der Waals surface area contributed by atoms with Crippen molar-refractivity contribution in [3.05, 3.63) is 23.8 Å². The maximum atomic E-state index is 9.90. The first-order valence-corrected chi connectivity index (χ1v) is 6.52. The summed E-state index contributed by atoms with van der Waals surface area (Å²) in [5, 5.41) is 48.1. The number of rotatable bonds is 8. The second-order valence-electron chi connectivity index (χ2n) is 4.75. The topological polar surface area (TPSA) is 179 Å². The molecule has 1 rings (SSSR count). The number of aliphatic hydroxyl groups excluding tert-OH is 5. The smallest absolute Gasteiger partial charge is 0.126 e. The second kappa shape index (κ2) is 8.29. The average Bonchev–Trinajstić information content (AvgIpc) is 2.51. The Labute approximate surface area is 121 Å². The Bertz CT molecular complexity index is 436. The quantitative estimate of drug-likeness (QED) is 0.255. The van der Waals surface area contributed by atoms with Crippen molar-refractivity contribution in [1.82, 2.24) is 9.97 Å². The lowest BCUT2D eigenvalue weighted by Gasteiger charge is -2.22. The molecule has 0 aliphatic carbocycles. The van der Waals surface area contributed by atoms with Gasteiger partial charge in [0.05, 0.1) is 35.9 Å². The standard InChI is InChI=1S/C12H22N4O5/c13-2-9(18)8(17)1-6-4-15-5-7(16-6)11(20)12(21)10(19)3-14/h4-5,8-12,17-21H,1-3,13-14H2/t8-,9+,10+,11+,12+/m0/s1. The molecule has 0 saturated heterocycles. The summed E-state index contributed by atoms with van der Waals surface area (Å²) in [5.41, 5.74) is 10.8. The van der Waals surface area contributed by atoms with Crippen LogP contribution in [0.4, 0.5) is 0 Å². The van der Waals surface area contributed by atoms with E-state index in [1.807, 2.05) is 0 Å². The average molecular weight is 302 g/mol. The Morgan fingerprint density at radius 1 is 0.905 bits per heavy atom. The SMILES string of the molecule is NC[C@@H](O)[C@@H](O)[C@H](O)c1cncc(C[C@H](O)[C@H](O)CN)n1. The van der Waals surface area contributed by atoms with Crippen LogP contribution in [0.5, 0.6) is 0 Å². The van der Waals surface area contributed by atoms with Gasteiger partial charge in [-0.2, -0.15) is 0 Å². The molecule has 0 radical (unpaired) electrons. The number of hydrogen-bond donors (Lipinski definition) is 7. The van der Waals surface area contributed by atoms with Gasteiger partial charge in [0.15, 0.2) is 0 Å². The second-order valence-corrected chi connectivity index (χ2v) is 4.75. The van der Waals surface area contributed by atoms with E-state index in [-0.39, 0.29) is 25.2 Å². The fraction of sp³-hybridized carbons (Fsp3) is 0.667. The summed E-state index contributed by atoms with van der Waals surface area (Å²) in [6.45, 7) is -0.314. The molecule has 0 amide bonds. The van der Waals surface area contributed by atoms with E-state index in [9.17, 15) is 25.5 Å². The Kier molecular flexibility index (Phi) is 7.05. The van der Waals surface area contributed by atoms with E-state index >= 15 is 0 Å². The van der Waals surface area contributed by atoms with E-state index in [2.05, 4.69) is 9.97 Å². The number of nitrogens with two attached hydrogens (primary N) is 2. The largest absolute Gasteiger partial charge is 0.390 e. The fourth-order valence-corrected chi connectivity index (χ4v) is 1.70. The van der Waals surface area contributed by atoms with Crippen LogP contribution in [-0.2, 0) is 6.42 Å². The Hall–Kier alpha value is -1.20. The van der Waals surface area contributed by atoms with Gasteiger partial charge in [0.1, 0.15) is 12.2 Å². The third-order valence-electron chi connectivity index (χ3n) is 3.07. The third kappa shape index (κ3) is 4.93. The van der Waals surface area contributed by atoms with Crippen molar-refractivity contribution in [2.24, 2.45) is 11.5 Å². The number of nitrogens with zero attached hydrogens (tertiary/aromatic N) is 2. The van der Waals surface area contributed by atoms with Crippen LogP contribution in [0.3, 0.4) is 0 Å². The predicted octanol–water partition coefficient (Wildman–Crippen LogP) is -3.59. The van der Waals surface area contributed by atoms with Crippen molar-refractivity contribution >= 4 is 0 Å². The summed E-state index contributed by atoms with van der Waals surface area (Å²) >= 11 is 0. The van der Waals surface area contributed by atoms with E-state index in [4.69, 9.17) is 11.5 Å². The molecule has 1 aromatic heterocycles. The van der Waals surface area contributed by atoms with Gasteiger partial charge in [0, 0.05) is 25.7 Å². The Balaban J connectivity index is 2.80. The summed E-state index contributed by atoms with van der Waals surface area (Å²) < 4.78 is 0. The molecule has 21 heavy (non-hydrogen) atoms. The van der Waals surface area contributed by atoms with Crippen LogP contribution in [0.1, 0.15) is 17.5 Å². The van der Waals surface area contributed by atoms with Gasteiger partial charge in [0.25, 0.3) is 0 Å². The van der Waals surface area contributed by atoms with E-state index in [1.165, 1.54) is 12.4 Å². The van der Waals surface area contributed by atoms with Crippen molar-refractivity contribution < 1.29 is 25.5 Å². The third-order valence-corrected chi connectivity index (χ3v) is 3.07. The molecule has 1 aromatic rings. The molecule has 0 aliphatic rings. The van der Waals surface area contributed by atoms with Gasteiger partial charge in [-0.3, -0.25) is 9.97 Å². The van der Waals surface area contributed by atoms with Crippen molar-refractivity contribution in [1.29, 1.82) is 0 Å². The minimum Gasteiger partial charge on any atom is -0.390 e. The molecule has 0 bridgehead atoms. The molecular weight excluding hydrogens is 280 g/mol. The molecular formula is C12H22N4O5.